The molecule has 1 rings (SSSR count). The second kappa shape index (κ2) is 8.71. The molecule has 0 aliphatic rings. The van der Waals surface area contributed by atoms with Gasteiger partial charge in [0.15, 0.2) is 0 Å². The van der Waals surface area contributed by atoms with Crippen molar-refractivity contribution in [3.63, 3.8) is 0 Å². The zero-order valence-corrected chi connectivity index (χ0v) is 10.9. The molecule has 0 bridgehead atoms. The molecule has 0 unspecified atom stereocenters. The Balaban J connectivity index is 2.10. The Kier molecular flexibility index (Phi) is 6.84. The number of hydrogen-bond donors (Lipinski definition) is 1. The van der Waals surface area contributed by atoms with Crippen LogP contribution in [0.2, 0.25) is 0 Å². The van der Waals surface area contributed by atoms with Gasteiger partial charge in [-0.25, -0.2) is 9.59 Å². The van der Waals surface area contributed by atoms with E-state index in [1.165, 1.54) is 12.1 Å². The Labute approximate surface area is 116 Å². The zero-order chi connectivity index (χ0) is 14.8. The van der Waals surface area contributed by atoms with Crippen molar-refractivity contribution < 1.29 is 29.2 Å². The normalized spacial score (nSPS) is 9.80. The van der Waals surface area contributed by atoms with Gasteiger partial charge in [0.25, 0.3) is 0 Å². The van der Waals surface area contributed by atoms with Gasteiger partial charge in [0.05, 0.1) is 18.8 Å². The van der Waals surface area contributed by atoms with Crippen LogP contribution in [0.4, 0.5) is 0 Å². The molecule has 0 fully saturated rings. The summed E-state index contributed by atoms with van der Waals surface area (Å²) >= 11 is 0. The number of carbonyl (C=O) groups excluding carboxylic acids is 1. The first-order chi connectivity index (χ1) is 9.63. The Morgan fingerprint density at radius 1 is 1.15 bits per heavy atom. The molecule has 0 saturated carbocycles. The number of unbranched alkanes of at least 4 members (excludes halogenated alkanes) is 1. The molecule has 0 atom stereocenters. The van der Waals surface area contributed by atoms with Crippen molar-refractivity contribution in [2.24, 2.45) is 0 Å². The van der Waals surface area contributed by atoms with Crippen LogP contribution in [0.25, 0.3) is 0 Å². The third-order valence-electron chi connectivity index (χ3n) is 2.30. The van der Waals surface area contributed by atoms with Gasteiger partial charge in [-0.1, -0.05) is 6.58 Å². The van der Waals surface area contributed by atoms with Crippen LogP contribution < -0.4 is 4.74 Å². The van der Waals surface area contributed by atoms with Gasteiger partial charge in [0.2, 0.25) is 0 Å². The van der Waals surface area contributed by atoms with E-state index in [0.29, 0.717) is 25.2 Å². The van der Waals surface area contributed by atoms with Crippen LogP contribution >= 0.6 is 0 Å². The highest BCUT2D eigenvalue weighted by Gasteiger charge is 2.02. The van der Waals surface area contributed by atoms with Gasteiger partial charge in [-0.05, 0) is 37.1 Å². The predicted octanol–water partition coefficient (Wildman–Crippen LogP) is 2.20. The van der Waals surface area contributed by atoms with E-state index in [0.717, 1.165) is 6.08 Å². The lowest BCUT2D eigenvalue weighted by atomic mass is 10.2. The number of rotatable bonds is 9. The number of ether oxygens (including phenoxy) is 1. The van der Waals surface area contributed by atoms with Gasteiger partial charge in [-0.3, -0.25) is 4.89 Å². The highest BCUT2D eigenvalue weighted by molar-refractivity contribution is 5.87. The first-order valence-electron chi connectivity index (χ1n) is 6.05. The summed E-state index contributed by atoms with van der Waals surface area (Å²) in [6.07, 6.45) is 2.40. The van der Waals surface area contributed by atoms with Gasteiger partial charge in [-0.15, -0.1) is 0 Å². The molecule has 6 nitrogen and oxygen atoms in total. The second-order valence-electron chi connectivity index (χ2n) is 3.81. The highest BCUT2D eigenvalue weighted by Crippen LogP contribution is 2.12. The van der Waals surface area contributed by atoms with Crippen LogP contribution in [-0.2, 0) is 14.6 Å². The molecular weight excluding hydrogens is 264 g/mol. The molecule has 0 amide bonds. The first-order valence-corrected chi connectivity index (χ1v) is 6.05. The van der Waals surface area contributed by atoms with E-state index < -0.39 is 11.9 Å². The summed E-state index contributed by atoms with van der Waals surface area (Å²) in [7, 11) is 0. The largest absolute Gasteiger partial charge is 0.494 e. The molecule has 6 heteroatoms. The van der Waals surface area contributed by atoms with Crippen molar-refractivity contribution >= 4 is 11.9 Å². The van der Waals surface area contributed by atoms with Gasteiger partial charge >= 0.3 is 11.9 Å². The average Bonchev–Trinajstić information content (AvgIpc) is 2.46. The third-order valence-corrected chi connectivity index (χ3v) is 2.30. The van der Waals surface area contributed by atoms with E-state index >= 15 is 0 Å². The van der Waals surface area contributed by atoms with Crippen molar-refractivity contribution in [1.82, 2.24) is 0 Å². The molecule has 0 radical (unpaired) electrons. The number of hydrogen-bond acceptors (Lipinski definition) is 5. The van der Waals surface area contributed by atoms with E-state index in [2.05, 4.69) is 16.4 Å². The molecule has 1 N–H and O–H groups in total. The Bertz CT molecular complexity index is 451. The lowest BCUT2D eigenvalue weighted by molar-refractivity contribution is -0.267. The number of carboxylic acids is 1. The Morgan fingerprint density at radius 2 is 1.80 bits per heavy atom. The lowest BCUT2D eigenvalue weighted by Crippen LogP contribution is -2.05. The van der Waals surface area contributed by atoms with E-state index in [-0.39, 0.29) is 12.2 Å². The molecule has 108 valence electrons. The molecule has 20 heavy (non-hydrogen) atoms. The fraction of sp³-hybridized carbons (Fsp3) is 0.286. The summed E-state index contributed by atoms with van der Waals surface area (Å²) in [4.78, 5) is 30.3. The highest BCUT2D eigenvalue weighted by atomic mass is 17.2. The van der Waals surface area contributed by atoms with Crippen LogP contribution in [-0.4, -0.2) is 30.3 Å². The van der Waals surface area contributed by atoms with E-state index in [4.69, 9.17) is 9.84 Å². The Hall–Kier alpha value is -2.34. The molecule has 1 aromatic carbocycles. The summed E-state index contributed by atoms with van der Waals surface area (Å²) in [5.41, 5.74) is 0.217. The maximum absolute atomic E-state index is 10.6. The standard InChI is InChI=1S/C14H16O6/c1-2-13(15)20-19-10-4-3-9-18-12-7-5-11(6-8-12)14(16)17/h2,5-8H,1,3-4,9-10H2,(H,16,17). The fourth-order valence-electron chi connectivity index (χ4n) is 1.28. The zero-order valence-electron chi connectivity index (χ0n) is 10.9. The SMILES string of the molecule is C=CC(=O)OOCCCCOc1ccc(C(=O)O)cc1. The van der Waals surface area contributed by atoms with Gasteiger partial charge in [0, 0.05) is 6.08 Å². The minimum absolute atomic E-state index is 0.217. The molecule has 0 saturated heterocycles. The molecule has 0 aliphatic carbocycles. The summed E-state index contributed by atoms with van der Waals surface area (Å²) in [5, 5.41) is 8.73. The summed E-state index contributed by atoms with van der Waals surface area (Å²) in [6.45, 7) is 3.97. The van der Waals surface area contributed by atoms with Crippen molar-refractivity contribution in [2.45, 2.75) is 12.8 Å². The summed E-state index contributed by atoms with van der Waals surface area (Å²) in [5.74, 6) is -0.989. The average molecular weight is 280 g/mol. The third kappa shape index (κ3) is 6.01. The van der Waals surface area contributed by atoms with Crippen LogP contribution in [0.15, 0.2) is 36.9 Å². The predicted molar refractivity (Wildman–Crippen MR) is 70.4 cm³/mol. The number of carboxylic acid groups (broad SMARTS) is 1. The number of benzene rings is 1. The summed E-state index contributed by atoms with van der Waals surface area (Å²) < 4.78 is 5.42. The maximum Gasteiger partial charge on any atom is 0.365 e. The quantitative estimate of drug-likeness (QED) is 0.323. The summed E-state index contributed by atoms with van der Waals surface area (Å²) in [6, 6.07) is 6.17. The van der Waals surface area contributed by atoms with Crippen LogP contribution in [0.1, 0.15) is 23.2 Å². The maximum atomic E-state index is 10.6. The number of aromatic carboxylic acids is 1. The molecular formula is C14H16O6. The molecule has 1 aromatic rings. The van der Waals surface area contributed by atoms with Gasteiger partial charge in [-0.2, -0.15) is 4.89 Å². The van der Waals surface area contributed by atoms with E-state index in [1.807, 2.05) is 0 Å². The smallest absolute Gasteiger partial charge is 0.365 e. The number of carbonyl (C=O) groups is 2. The van der Waals surface area contributed by atoms with E-state index in [1.54, 1.807) is 12.1 Å². The van der Waals surface area contributed by atoms with Crippen LogP contribution in [0.3, 0.4) is 0 Å². The Morgan fingerprint density at radius 3 is 2.40 bits per heavy atom. The first kappa shape index (κ1) is 15.7. The molecule has 0 heterocycles. The minimum atomic E-state index is -0.970. The monoisotopic (exact) mass is 280 g/mol. The van der Waals surface area contributed by atoms with Gasteiger partial charge in [0.1, 0.15) is 5.75 Å². The van der Waals surface area contributed by atoms with Crippen LogP contribution in [0, 0.1) is 0 Å². The van der Waals surface area contributed by atoms with Crippen molar-refractivity contribution in [3.05, 3.63) is 42.5 Å². The molecule has 0 spiro atoms. The topological polar surface area (TPSA) is 82.1 Å². The molecule has 0 aromatic heterocycles. The fourth-order valence-corrected chi connectivity index (χ4v) is 1.28. The van der Waals surface area contributed by atoms with E-state index in [9.17, 15) is 9.59 Å². The minimum Gasteiger partial charge on any atom is -0.494 e. The second-order valence-corrected chi connectivity index (χ2v) is 3.81. The van der Waals surface area contributed by atoms with Gasteiger partial charge < -0.3 is 9.84 Å². The van der Waals surface area contributed by atoms with Crippen molar-refractivity contribution in [3.8, 4) is 5.75 Å². The van der Waals surface area contributed by atoms with Crippen molar-refractivity contribution in [2.75, 3.05) is 13.2 Å². The van der Waals surface area contributed by atoms with Crippen molar-refractivity contribution in [1.29, 1.82) is 0 Å². The van der Waals surface area contributed by atoms with Crippen LogP contribution in [0.5, 0.6) is 5.75 Å². The molecule has 0 aliphatic heterocycles. The lowest BCUT2D eigenvalue weighted by Gasteiger charge is -2.06.